The van der Waals surface area contributed by atoms with E-state index in [1.807, 2.05) is 19.1 Å². The van der Waals surface area contributed by atoms with Gasteiger partial charge in [0.15, 0.2) is 0 Å². The Bertz CT molecular complexity index is 1310. The Kier molecular flexibility index (Phi) is 8.07. The van der Waals surface area contributed by atoms with Crippen molar-refractivity contribution in [3.05, 3.63) is 99.2 Å². The molecule has 0 unspecified atom stereocenters. The minimum atomic E-state index is -0.531. The van der Waals surface area contributed by atoms with E-state index in [1.54, 1.807) is 48.5 Å². The molecule has 3 aromatic carbocycles. The van der Waals surface area contributed by atoms with Crippen LogP contribution in [0.15, 0.2) is 71.6 Å². The van der Waals surface area contributed by atoms with E-state index in [2.05, 4.69) is 5.32 Å². The molecule has 1 fully saturated rings. The van der Waals surface area contributed by atoms with Crippen molar-refractivity contribution in [2.75, 3.05) is 11.9 Å². The van der Waals surface area contributed by atoms with Crippen molar-refractivity contribution in [3.63, 3.8) is 0 Å². The fourth-order valence-corrected chi connectivity index (χ4v) is 4.50. The number of nitrogens with zero attached hydrogens (tertiary/aromatic N) is 1. The molecule has 1 heterocycles. The van der Waals surface area contributed by atoms with Gasteiger partial charge in [-0.05, 0) is 71.8 Å². The van der Waals surface area contributed by atoms with E-state index in [-0.39, 0.29) is 28.6 Å². The number of thioether (sulfide) groups is 1. The maximum atomic E-state index is 13.9. The number of amides is 3. The number of halogens is 2. The Labute approximate surface area is 217 Å². The first kappa shape index (κ1) is 25.5. The first-order valence-corrected chi connectivity index (χ1v) is 12.3. The summed E-state index contributed by atoms with van der Waals surface area (Å²) in [7, 11) is 0. The fourth-order valence-electron chi connectivity index (χ4n) is 3.44. The van der Waals surface area contributed by atoms with Crippen molar-refractivity contribution in [1.29, 1.82) is 0 Å². The van der Waals surface area contributed by atoms with Crippen LogP contribution in [-0.4, -0.2) is 28.5 Å². The van der Waals surface area contributed by atoms with E-state index < -0.39 is 22.9 Å². The van der Waals surface area contributed by atoms with Crippen molar-refractivity contribution in [2.24, 2.45) is 0 Å². The number of carbonyl (C=O) groups excluding carboxylic acids is 3. The zero-order valence-corrected chi connectivity index (χ0v) is 20.9. The second-order valence-electron chi connectivity index (χ2n) is 7.92. The van der Waals surface area contributed by atoms with Crippen LogP contribution < -0.4 is 10.1 Å². The third kappa shape index (κ3) is 6.13. The third-order valence-corrected chi connectivity index (χ3v) is 6.71. The second kappa shape index (κ2) is 11.4. The molecular formula is C27H22ClFN2O4S. The van der Waals surface area contributed by atoms with Gasteiger partial charge < -0.3 is 10.1 Å². The van der Waals surface area contributed by atoms with E-state index in [1.165, 1.54) is 12.1 Å². The Balaban J connectivity index is 1.36. The SMILES string of the molecule is CCc1ccc(NC(=O)CN2C(=O)S/C(=C\c3ccc(OCc4c(F)cccc4Cl)cc3)C2=O)cc1. The Hall–Kier alpha value is -3.62. The van der Waals surface area contributed by atoms with Gasteiger partial charge in [-0.2, -0.15) is 0 Å². The minimum absolute atomic E-state index is 0.0332. The van der Waals surface area contributed by atoms with Crippen LogP contribution in [0.3, 0.4) is 0 Å². The molecule has 1 saturated heterocycles. The Morgan fingerprint density at radius 2 is 1.81 bits per heavy atom. The average molecular weight is 525 g/mol. The minimum Gasteiger partial charge on any atom is -0.489 e. The molecule has 0 bridgehead atoms. The number of rotatable bonds is 8. The molecule has 0 aromatic heterocycles. The zero-order chi connectivity index (χ0) is 25.7. The van der Waals surface area contributed by atoms with Crippen molar-refractivity contribution in [3.8, 4) is 5.75 Å². The molecule has 0 radical (unpaired) electrons. The van der Waals surface area contributed by atoms with Crippen LogP contribution >= 0.6 is 23.4 Å². The monoisotopic (exact) mass is 524 g/mol. The van der Waals surface area contributed by atoms with Gasteiger partial charge in [0.25, 0.3) is 11.1 Å². The van der Waals surface area contributed by atoms with Gasteiger partial charge in [0.1, 0.15) is 24.7 Å². The first-order valence-electron chi connectivity index (χ1n) is 11.1. The molecule has 184 valence electrons. The van der Waals surface area contributed by atoms with Gasteiger partial charge in [0.2, 0.25) is 5.91 Å². The standard InChI is InChI=1S/C27H22ClFN2O4S/c1-2-17-6-10-19(11-7-17)30-25(32)15-31-26(33)24(36-27(31)34)14-18-8-12-20(13-9-18)35-16-21-22(28)4-3-5-23(21)29/h3-14H,2,15-16H2,1H3,(H,30,32)/b24-14-. The highest BCUT2D eigenvalue weighted by atomic mass is 35.5. The van der Waals surface area contributed by atoms with Crippen molar-refractivity contribution < 1.29 is 23.5 Å². The van der Waals surface area contributed by atoms with Crippen molar-refractivity contribution in [2.45, 2.75) is 20.0 Å². The molecule has 1 N–H and O–H groups in total. The molecule has 0 saturated carbocycles. The quantitative estimate of drug-likeness (QED) is 0.350. The normalized spacial score (nSPS) is 14.4. The van der Waals surface area contributed by atoms with Crippen molar-refractivity contribution >= 4 is 52.2 Å². The molecule has 1 aliphatic heterocycles. The summed E-state index contributed by atoms with van der Waals surface area (Å²) in [6, 6.07) is 18.6. The number of nitrogens with one attached hydrogen (secondary N) is 1. The lowest BCUT2D eigenvalue weighted by molar-refractivity contribution is -0.127. The number of imide groups is 1. The zero-order valence-electron chi connectivity index (χ0n) is 19.3. The van der Waals surface area contributed by atoms with Gasteiger partial charge in [-0.15, -0.1) is 0 Å². The fraction of sp³-hybridized carbons (Fsp3) is 0.148. The highest BCUT2D eigenvalue weighted by Crippen LogP contribution is 2.32. The smallest absolute Gasteiger partial charge is 0.294 e. The summed E-state index contributed by atoms with van der Waals surface area (Å²) in [6.45, 7) is 1.63. The maximum Gasteiger partial charge on any atom is 0.294 e. The molecule has 3 amide bonds. The van der Waals surface area contributed by atoms with Gasteiger partial charge in [0, 0.05) is 11.3 Å². The number of aryl methyl sites for hydroxylation is 1. The number of ether oxygens (including phenoxy) is 1. The predicted molar refractivity (Wildman–Crippen MR) is 139 cm³/mol. The van der Waals surface area contributed by atoms with Gasteiger partial charge in [-0.25, -0.2) is 4.39 Å². The Morgan fingerprint density at radius 3 is 2.47 bits per heavy atom. The number of benzene rings is 3. The molecule has 1 aliphatic rings. The lowest BCUT2D eigenvalue weighted by Gasteiger charge is -2.12. The molecule has 9 heteroatoms. The summed E-state index contributed by atoms with van der Waals surface area (Å²) in [5, 5.41) is 2.48. The third-order valence-electron chi connectivity index (χ3n) is 5.44. The second-order valence-corrected chi connectivity index (χ2v) is 9.32. The number of hydrogen-bond donors (Lipinski definition) is 1. The van der Waals surface area contributed by atoms with Gasteiger partial charge in [0.05, 0.1) is 9.93 Å². The summed E-state index contributed by atoms with van der Waals surface area (Å²) in [4.78, 5) is 38.6. The van der Waals surface area contributed by atoms with Gasteiger partial charge in [-0.1, -0.05) is 48.9 Å². The molecule has 4 rings (SSSR count). The number of carbonyl (C=O) groups is 3. The molecule has 6 nitrogen and oxygen atoms in total. The largest absolute Gasteiger partial charge is 0.489 e. The average Bonchev–Trinajstić information content (AvgIpc) is 3.12. The van der Waals surface area contributed by atoms with Crippen LogP contribution in [0, 0.1) is 5.82 Å². The summed E-state index contributed by atoms with van der Waals surface area (Å²) >= 11 is 6.79. The van der Waals surface area contributed by atoms with Crippen molar-refractivity contribution in [1.82, 2.24) is 4.90 Å². The van der Waals surface area contributed by atoms with Crippen LogP contribution in [0.4, 0.5) is 14.9 Å². The Morgan fingerprint density at radius 1 is 1.08 bits per heavy atom. The number of hydrogen-bond acceptors (Lipinski definition) is 5. The summed E-state index contributed by atoms with van der Waals surface area (Å²) in [5.41, 5.74) is 2.66. The lowest BCUT2D eigenvalue weighted by atomic mass is 10.1. The van der Waals surface area contributed by atoms with E-state index in [9.17, 15) is 18.8 Å². The van der Waals surface area contributed by atoms with Crippen LogP contribution in [0.1, 0.15) is 23.6 Å². The predicted octanol–water partition coefficient (Wildman–Crippen LogP) is 6.30. The van der Waals surface area contributed by atoms with Crippen LogP contribution in [-0.2, 0) is 22.6 Å². The van der Waals surface area contributed by atoms with E-state index in [4.69, 9.17) is 16.3 Å². The summed E-state index contributed by atoms with van der Waals surface area (Å²) < 4.78 is 19.5. The summed E-state index contributed by atoms with van der Waals surface area (Å²) in [5.74, 6) is -0.948. The van der Waals surface area contributed by atoms with E-state index in [0.29, 0.717) is 17.0 Å². The van der Waals surface area contributed by atoms with E-state index >= 15 is 0 Å². The molecule has 0 aliphatic carbocycles. The maximum absolute atomic E-state index is 13.9. The highest BCUT2D eigenvalue weighted by molar-refractivity contribution is 8.18. The summed E-state index contributed by atoms with van der Waals surface area (Å²) in [6.07, 6.45) is 2.46. The molecule has 3 aromatic rings. The topological polar surface area (TPSA) is 75.7 Å². The number of anilines is 1. The van der Waals surface area contributed by atoms with Crippen LogP contribution in [0.25, 0.3) is 6.08 Å². The van der Waals surface area contributed by atoms with Crippen LogP contribution in [0.2, 0.25) is 5.02 Å². The first-order chi connectivity index (χ1) is 17.3. The molecule has 0 spiro atoms. The van der Waals surface area contributed by atoms with Gasteiger partial charge >= 0.3 is 0 Å². The van der Waals surface area contributed by atoms with Gasteiger partial charge in [-0.3, -0.25) is 19.3 Å². The molecular weight excluding hydrogens is 503 g/mol. The van der Waals surface area contributed by atoms with E-state index in [0.717, 1.165) is 28.6 Å². The highest BCUT2D eigenvalue weighted by Gasteiger charge is 2.36. The molecule has 36 heavy (non-hydrogen) atoms. The lowest BCUT2D eigenvalue weighted by Crippen LogP contribution is -2.36. The van der Waals surface area contributed by atoms with Crippen LogP contribution in [0.5, 0.6) is 5.75 Å². The molecule has 0 atom stereocenters.